The third-order valence-corrected chi connectivity index (χ3v) is 3.76. The van der Waals surface area contributed by atoms with E-state index >= 15 is 0 Å². The standard InChI is InChI=1S/C15H20N6O/c1-20-9-5-12-11(10-20)14(15(22)18-8-6-16)19-21(12)13-4-2-3-7-17-13/h2-4,7H,5-6,8-10,16H2,1H3,(H,18,22). The molecule has 22 heavy (non-hydrogen) atoms. The largest absolute Gasteiger partial charge is 0.349 e. The summed E-state index contributed by atoms with van der Waals surface area (Å²) in [6.45, 7) is 2.51. The normalized spacial score (nSPS) is 14.6. The van der Waals surface area contributed by atoms with Gasteiger partial charge in [-0.2, -0.15) is 5.10 Å². The highest BCUT2D eigenvalue weighted by molar-refractivity contribution is 5.94. The fourth-order valence-corrected chi connectivity index (χ4v) is 2.67. The molecule has 7 nitrogen and oxygen atoms in total. The number of nitrogens with two attached hydrogens (primary N) is 1. The smallest absolute Gasteiger partial charge is 0.272 e. The predicted molar refractivity (Wildman–Crippen MR) is 82.8 cm³/mol. The first-order chi connectivity index (χ1) is 10.7. The molecule has 7 heteroatoms. The summed E-state index contributed by atoms with van der Waals surface area (Å²) in [4.78, 5) is 18.9. The van der Waals surface area contributed by atoms with Crippen LogP contribution < -0.4 is 11.1 Å². The summed E-state index contributed by atoms with van der Waals surface area (Å²) in [5.74, 6) is 0.563. The Labute approximate surface area is 129 Å². The van der Waals surface area contributed by atoms with E-state index in [1.165, 1.54) is 0 Å². The summed E-state index contributed by atoms with van der Waals surface area (Å²) in [7, 11) is 2.04. The second-order valence-electron chi connectivity index (χ2n) is 5.41. The molecule has 0 unspecified atom stereocenters. The van der Waals surface area contributed by atoms with Gasteiger partial charge in [0.25, 0.3) is 5.91 Å². The van der Waals surface area contributed by atoms with Crippen LogP contribution in [0.4, 0.5) is 0 Å². The molecule has 3 N–H and O–H groups in total. The molecule has 1 aliphatic rings. The van der Waals surface area contributed by atoms with Crippen LogP contribution in [0.1, 0.15) is 21.7 Å². The molecule has 2 aromatic heterocycles. The molecule has 0 atom stereocenters. The fourth-order valence-electron chi connectivity index (χ4n) is 2.67. The van der Waals surface area contributed by atoms with Crippen molar-refractivity contribution in [1.82, 2.24) is 25.0 Å². The van der Waals surface area contributed by atoms with Crippen LogP contribution in [-0.2, 0) is 13.0 Å². The highest BCUT2D eigenvalue weighted by atomic mass is 16.2. The predicted octanol–water partition coefficient (Wildman–Crippen LogP) is -0.0563. The van der Waals surface area contributed by atoms with E-state index in [1.54, 1.807) is 10.9 Å². The van der Waals surface area contributed by atoms with Gasteiger partial charge in [-0.1, -0.05) is 6.07 Å². The molecule has 0 aromatic carbocycles. The zero-order valence-electron chi connectivity index (χ0n) is 12.6. The van der Waals surface area contributed by atoms with Gasteiger partial charge in [-0.15, -0.1) is 0 Å². The first kappa shape index (κ1) is 14.7. The van der Waals surface area contributed by atoms with Gasteiger partial charge >= 0.3 is 0 Å². The van der Waals surface area contributed by atoms with Crippen LogP contribution in [0.3, 0.4) is 0 Å². The molecule has 1 amide bonds. The summed E-state index contributed by atoms with van der Waals surface area (Å²) < 4.78 is 1.79. The van der Waals surface area contributed by atoms with Crippen LogP contribution in [0.5, 0.6) is 0 Å². The summed E-state index contributed by atoms with van der Waals surface area (Å²) in [5.41, 5.74) is 7.97. The van der Waals surface area contributed by atoms with E-state index in [9.17, 15) is 4.79 Å². The topological polar surface area (TPSA) is 89.1 Å². The van der Waals surface area contributed by atoms with Crippen LogP contribution in [0.15, 0.2) is 24.4 Å². The van der Waals surface area contributed by atoms with Gasteiger partial charge in [-0.05, 0) is 19.2 Å². The Morgan fingerprint density at radius 2 is 2.32 bits per heavy atom. The number of carbonyl (C=O) groups is 1. The van der Waals surface area contributed by atoms with E-state index in [0.717, 1.165) is 30.0 Å². The lowest BCUT2D eigenvalue weighted by molar-refractivity contribution is 0.0947. The average Bonchev–Trinajstić information content (AvgIpc) is 2.92. The van der Waals surface area contributed by atoms with Crippen LogP contribution in [0.25, 0.3) is 5.82 Å². The SMILES string of the molecule is CN1CCc2c(c(C(=O)NCCN)nn2-c2ccccn2)C1. The second kappa shape index (κ2) is 6.25. The highest BCUT2D eigenvalue weighted by Gasteiger charge is 2.27. The molecule has 0 spiro atoms. The van der Waals surface area contributed by atoms with Crippen molar-refractivity contribution in [2.24, 2.45) is 5.73 Å². The van der Waals surface area contributed by atoms with Crippen molar-refractivity contribution in [2.45, 2.75) is 13.0 Å². The first-order valence-corrected chi connectivity index (χ1v) is 7.39. The summed E-state index contributed by atoms with van der Waals surface area (Å²) in [6, 6.07) is 5.68. The van der Waals surface area contributed by atoms with Crippen LogP contribution in [-0.4, -0.2) is 52.3 Å². The number of aromatic nitrogens is 3. The maximum absolute atomic E-state index is 12.3. The molecule has 2 aromatic rings. The number of hydrogen-bond acceptors (Lipinski definition) is 5. The molecule has 3 heterocycles. The van der Waals surface area contributed by atoms with Crippen LogP contribution in [0, 0.1) is 0 Å². The van der Waals surface area contributed by atoms with Gasteiger partial charge in [-0.3, -0.25) is 4.79 Å². The minimum atomic E-state index is -0.174. The third kappa shape index (κ3) is 2.72. The molecular weight excluding hydrogens is 280 g/mol. The maximum Gasteiger partial charge on any atom is 0.272 e. The van der Waals surface area contributed by atoms with Gasteiger partial charge in [0, 0.05) is 44.4 Å². The van der Waals surface area contributed by atoms with Crippen LogP contribution >= 0.6 is 0 Å². The molecule has 0 saturated carbocycles. The first-order valence-electron chi connectivity index (χ1n) is 7.39. The molecule has 0 fully saturated rings. The molecular formula is C15H20N6O. The van der Waals surface area contributed by atoms with Gasteiger partial charge < -0.3 is 16.0 Å². The Balaban J connectivity index is 2.03. The van der Waals surface area contributed by atoms with E-state index in [-0.39, 0.29) is 5.91 Å². The van der Waals surface area contributed by atoms with Crippen LogP contribution in [0.2, 0.25) is 0 Å². The van der Waals surface area contributed by atoms with Crippen molar-refractivity contribution in [1.29, 1.82) is 0 Å². The molecule has 0 bridgehead atoms. The zero-order chi connectivity index (χ0) is 15.5. The molecule has 1 aliphatic heterocycles. The minimum Gasteiger partial charge on any atom is -0.349 e. The quantitative estimate of drug-likeness (QED) is 0.826. The van der Waals surface area contributed by atoms with Crippen molar-refractivity contribution < 1.29 is 4.79 Å². The number of hydrogen-bond donors (Lipinski definition) is 2. The maximum atomic E-state index is 12.3. The number of nitrogens with one attached hydrogen (secondary N) is 1. The number of nitrogens with zero attached hydrogens (tertiary/aromatic N) is 4. The number of amides is 1. The van der Waals surface area contributed by atoms with Gasteiger partial charge in [0.05, 0.1) is 5.69 Å². The van der Waals surface area contributed by atoms with Crippen molar-refractivity contribution in [3.8, 4) is 5.82 Å². The monoisotopic (exact) mass is 300 g/mol. The third-order valence-electron chi connectivity index (χ3n) is 3.76. The van der Waals surface area contributed by atoms with E-state index < -0.39 is 0 Å². The Hall–Kier alpha value is -2.25. The van der Waals surface area contributed by atoms with E-state index in [0.29, 0.717) is 25.3 Å². The summed E-state index contributed by atoms with van der Waals surface area (Å²) in [6.07, 6.45) is 2.58. The summed E-state index contributed by atoms with van der Waals surface area (Å²) in [5, 5.41) is 7.32. The number of likely N-dealkylation sites (N-methyl/N-ethyl adjacent to an activating group) is 1. The Morgan fingerprint density at radius 3 is 3.05 bits per heavy atom. The zero-order valence-corrected chi connectivity index (χ0v) is 12.6. The molecule has 0 aliphatic carbocycles. The Bertz CT molecular complexity index is 666. The minimum absolute atomic E-state index is 0.174. The lowest BCUT2D eigenvalue weighted by atomic mass is 10.1. The second-order valence-corrected chi connectivity index (χ2v) is 5.41. The fraction of sp³-hybridized carbons (Fsp3) is 0.400. The lowest BCUT2D eigenvalue weighted by Gasteiger charge is -2.23. The number of carbonyl (C=O) groups excluding carboxylic acids is 1. The van der Waals surface area contributed by atoms with Gasteiger partial charge in [0.15, 0.2) is 11.5 Å². The highest BCUT2D eigenvalue weighted by Crippen LogP contribution is 2.24. The van der Waals surface area contributed by atoms with Crippen molar-refractivity contribution in [3.63, 3.8) is 0 Å². The van der Waals surface area contributed by atoms with E-state index in [1.807, 2.05) is 25.2 Å². The van der Waals surface area contributed by atoms with E-state index in [4.69, 9.17) is 5.73 Å². The molecule has 116 valence electrons. The Morgan fingerprint density at radius 1 is 1.45 bits per heavy atom. The van der Waals surface area contributed by atoms with Gasteiger partial charge in [0.1, 0.15) is 0 Å². The number of fused-ring (bicyclic) bond motifs is 1. The molecule has 3 rings (SSSR count). The average molecular weight is 300 g/mol. The molecule has 0 saturated heterocycles. The summed E-state index contributed by atoms with van der Waals surface area (Å²) >= 11 is 0. The van der Waals surface area contributed by atoms with Gasteiger partial charge in [-0.25, -0.2) is 9.67 Å². The number of rotatable bonds is 4. The van der Waals surface area contributed by atoms with Crippen molar-refractivity contribution >= 4 is 5.91 Å². The van der Waals surface area contributed by atoms with Gasteiger partial charge in [0.2, 0.25) is 0 Å². The van der Waals surface area contributed by atoms with E-state index in [2.05, 4.69) is 20.3 Å². The Kier molecular flexibility index (Phi) is 4.17. The number of pyridine rings is 1. The van der Waals surface area contributed by atoms with Crippen molar-refractivity contribution in [2.75, 3.05) is 26.7 Å². The lowest BCUT2D eigenvalue weighted by Crippen LogP contribution is -2.32. The van der Waals surface area contributed by atoms with Crippen molar-refractivity contribution in [3.05, 3.63) is 41.3 Å². The molecule has 0 radical (unpaired) electrons.